The van der Waals surface area contributed by atoms with Crippen LogP contribution in [0, 0.1) is 17.2 Å². The van der Waals surface area contributed by atoms with Crippen molar-refractivity contribution in [3.63, 3.8) is 0 Å². The van der Waals surface area contributed by atoms with Gasteiger partial charge in [-0.3, -0.25) is 9.20 Å². The fourth-order valence-corrected chi connectivity index (χ4v) is 7.13. The molecule has 2 aliphatic rings. The number of nitriles is 1. The van der Waals surface area contributed by atoms with Gasteiger partial charge in [0.15, 0.2) is 15.8 Å². The zero-order chi connectivity index (χ0) is 30.2. The Morgan fingerprint density at radius 3 is 2.66 bits per heavy atom. The van der Waals surface area contributed by atoms with Crippen LogP contribution in [0.2, 0.25) is 0 Å². The minimum absolute atomic E-state index is 0.0319. The molecule has 0 aromatic carbocycles. The third-order valence-corrected chi connectivity index (χ3v) is 9.28. The predicted octanol–water partition coefficient (Wildman–Crippen LogP) is 2.27. The lowest BCUT2D eigenvalue weighted by Crippen LogP contribution is -2.63. The highest BCUT2D eigenvalue weighted by atomic mass is 32.2. The number of halogens is 2. The van der Waals surface area contributed by atoms with E-state index in [2.05, 4.69) is 36.2 Å². The largest absolute Gasteiger partial charge is 0.483 e. The van der Waals surface area contributed by atoms with Crippen molar-refractivity contribution >= 4 is 39.0 Å². The second-order valence-electron chi connectivity index (χ2n) is 10.6. The smallest absolute Gasteiger partial charge is 0.291 e. The molecule has 0 spiro atoms. The van der Waals surface area contributed by atoms with E-state index in [4.69, 9.17) is 14.6 Å². The number of pyridine rings is 1. The molecule has 0 radical (unpaired) electrons. The third kappa shape index (κ3) is 6.31. The molecule has 41 heavy (non-hydrogen) atoms. The van der Waals surface area contributed by atoms with Crippen LogP contribution in [0.25, 0.3) is 16.3 Å². The molecule has 3 aromatic rings. The van der Waals surface area contributed by atoms with Crippen molar-refractivity contribution < 1.29 is 31.8 Å². The maximum atomic E-state index is 13.6. The standard InChI is InChI=1S/C23H28F2N8O3S2.CH2O2/c1-13-6-23(13,11-26)31-38(34,35)15-5-16(32-8-14(10-36-4)28-22(2,3)12-32)17-7-27-19(33(17)9-15)21-30-29-20(37-21)18(24)25;2-1-3/h5,7,9,13-14,18,28,31H,6,8,10,12H2,1-4H3;1H,(H,2,3)/t13-,14?,23-;/m1./s1. The summed E-state index contributed by atoms with van der Waals surface area (Å²) < 4.78 is 63.0. The normalized spacial score (nSPS) is 23.6. The molecule has 3 aromatic heterocycles. The number of anilines is 1. The summed E-state index contributed by atoms with van der Waals surface area (Å²) in [7, 11) is -2.51. The number of alkyl halides is 2. The Morgan fingerprint density at radius 1 is 1.41 bits per heavy atom. The molecule has 222 valence electrons. The highest BCUT2D eigenvalue weighted by Crippen LogP contribution is 2.44. The van der Waals surface area contributed by atoms with E-state index in [0.717, 1.165) is 0 Å². The maximum Gasteiger partial charge on any atom is 0.291 e. The van der Waals surface area contributed by atoms with Gasteiger partial charge in [0.2, 0.25) is 10.0 Å². The summed E-state index contributed by atoms with van der Waals surface area (Å²) in [5, 5.41) is 27.2. The molecule has 3 atom stereocenters. The van der Waals surface area contributed by atoms with Gasteiger partial charge in [-0.15, -0.1) is 10.2 Å². The molecule has 2 fully saturated rings. The Labute approximate surface area is 239 Å². The molecular formula is C24H30F2N8O5S2. The van der Waals surface area contributed by atoms with Gasteiger partial charge in [-0.2, -0.15) is 9.98 Å². The summed E-state index contributed by atoms with van der Waals surface area (Å²) >= 11 is 0.695. The number of fused-ring (bicyclic) bond motifs is 1. The molecule has 3 N–H and O–H groups in total. The lowest BCUT2D eigenvalue weighted by Gasteiger charge is -2.45. The zero-order valence-corrected chi connectivity index (χ0v) is 24.3. The van der Waals surface area contributed by atoms with E-state index in [0.29, 0.717) is 48.7 Å². The van der Waals surface area contributed by atoms with Crippen LogP contribution in [0.4, 0.5) is 14.5 Å². The number of hydrogen-bond donors (Lipinski definition) is 3. The van der Waals surface area contributed by atoms with Gasteiger partial charge in [0.05, 0.1) is 30.1 Å². The highest BCUT2D eigenvalue weighted by Gasteiger charge is 2.54. The summed E-state index contributed by atoms with van der Waals surface area (Å²) in [5.41, 5.74) is -0.307. The summed E-state index contributed by atoms with van der Waals surface area (Å²) in [6, 6.07) is 3.62. The first-order valence-corrected chi connectivity index (χ1v) is 14.8. The first-order valence-electron chi connectivity index (χ1n) is 12.5. The first-order chi connectivity index (χ1) is 19.3. The molecule has 1 unspecified atom stereocenters. The van der Waals surface area contributed by atoms with E-state index in [9.17, 15) is 22.5 Å². The van der Waals surface area contributed by atoms with Gasteiger partial charge in [0.1, 0.15) is 10.4 Å². The second kappa shape index (κ2) is 11.5. The van der Waals surface area contributed by atoms with E-state index in [1.54, 1.807) is 19.4 Å². The number of sulfonamides is 1. The number of methoxy groups -OCH3 is 1. The summed E-state index contributed by atoms with van der Waals surface area (Å²) in [6.07, 6.45) is 0.579. The van der Waals surface area contributed by atoms with Crippen molar-refractivity contribution in [2.24, 2.45) is 5.92 Å². The molecule has 0 amide bonds. The number of imidazole rings is 1. The Bertz CT molecular complexity index is 1570. The minimum Gasteiger partial charge on any atom is -0.483 e. The topological polar surface area (TPSA) is 175 Å². The number of carboxylic acid groups (broad SMARTS) is 1. The van der Waals surface area contributed by atoms with Gasteiger partial charge in [-0.25, -0.2) is 22.2 Å². The van der Waals surface area contributed by atoms with Crippen LogP contribution in [0.1, 0.15) is 38.6 Å². The molecule has 5 rings (SSSR count). The Morgan fingerprint density at radius 2 is 2.10 bits per heavy atom. The number of nitrogens with zero attached hydrogens (tertiary/aromatic N) is 6. The molecule has 1 aliphatic heterocycles. The molecule has 13 nitrogen and oxygen atoms in total. The zero-order valence-electron chi connectivity index (χ0n) is 22.7. The van der Waals surface area contributed by atoms with Crippen molar-refractivity contribution in [1.82, 2.24) is 29.6 Å². The molecule has 1 saturated carbocycles. The molecule has 4 heterocycles. The van der Waals surface area contributed by atoms with Crippen LogP contribution in [-0.2, 0) is 19.6 Å². The number of rotatable bonds is 8. The Balaban J connectivity index is 0.00000124. The van der Waals surface area contributed by atoms with Gasteiger partial charge >= 0.3 is 0 Å². The molecule has 1 aliphatic carbocycles. The van der Waals surface area contributed by atoms with Gasteiger partial charge in [-0.05, 0) is 32.3 Å². The van der Waals surface area contributed by atoms with Crippen LogP contribution >= 0.6 is 11.3 Å². The van der Waals surface area contributed by atoms with Gasteiger partial charge in [0.25, 0.3) is 12.9 Å². The number of piperazine rings is 1. The number of hydrogen-bond acceptors (Lipinski definition) is 11. The minimum atomic E-state index is -4.13. The number of aromatic nitrogens is 4. The summed E-state index contributed by atoms with van der Waals surface area (Å²) in [4.78, 5) is 14.8. The van der Waals surface area contributed by atoms with E-state index >= 15 is 0 Å². The van der Waals surface area contributed by atoms with E-state index in [1.807, 2.05) is 20.8 Å². The summed E-state index contributed by atoms with van der Waals surface area (Å²) in [5.74, 6) is 0.0764. The molecule has 1 saturated heterocycles. The molecule has 0 bridgehead atoms. The average molecular weight is 613 g/mol. The Kier molecular flexibility index (Phi) is 8.62. The number of carbonyl (C=O) groups is 1. The van der Waals surface area contributed by atoms with Crippen molar-refractivity contribution in [3.05, 3.63) is 23.5 Å². The van der Waals surface area contributed by atoms with Crippen molar-refractivity contribution in [2.75, 3.05) is 31.7 Å². The second-order valence-corrected chi connectivity index (χ2v) is 13.3. The molecule has 17 heteroatoms. The van der Waals surface area contributed by atoms with E-state index in [-0.39, 0.29) is 39.7 Å². The quantitative estimate of drug-likeness (QED) is 0.318. The fourth-order valence-electron chi connectivity index (χ4n) is 5.00. The average Bonchev–Trinajstić information content (AvgIpc) is 3.24. The lowest BCUT2D eigenvalue weighted by molar-refractivity contribution is -0.122. The third-order valence-electron chi connectivity index (χ3n) is 6.88. The van der Waals surface area contributed by atoms with Crippen LogP contribution in [0.5, 0.6) is 0 Å². The monoisotopic (exact) mass is 612 g/mol. The van der Waals surface area contributed by atoms with E-state index in [1.165, 1.54) is 10.6 Å². The van der Waals surface area contributed by atoms with Gasteiger partial charge in [0, 0.05) is 38.0 Å². The van der Waals surface area contributed by atoms with Crippen molar-refractivity contribution in [2.45, 2.75) is 55.6 Å². The Hall–Kier alpha value is -3.30. The van der Waals surface area contributed by atoms with Crippen LogP contribution in [-0.4, -0.2) is 83.5 Å². The number of ether oxygens (including phenoxy) is 1. The fraction of sp³-hybridized carbons (Fsp3) is 0.542. The molecular weight excluding hydrogens is 582 g/mol. The van der Waals surface area contributed by atoms with Crippen molar-refractivity contribution in [3.8, 4) is 16.9 Å². The van der Waals surface area contributed by atoms with Crippen LogP contribution < -0.4 is 14.9 Å². The highest BCUT2D eigenvalue weighted by molar-refractivity contribution is 7.89. The SMILES string of the molecule is COCC1CN(c2cc(S(=O)(=O)N[C@@]3(C#N)C[C@H]3C)cn3c(-c4nnc(C(F)F)s4)ncc23)CC(C)(C)N1.O=CO. The lowest BCUT2D eigenvalue weighted by atomic mass is 9.98. The number of nitrogens with one attached hydrogen (secondary N) is 2. The van der Waals surface area contributed by atoms with Crippen LogP contribution in [0.3, 0.4) is 0 Å². The van der Waals surface area contributed by atoms with Gasteiger partial charge in [-0.1, -0.05) is 18.3 Å². The van der Waals surface area contributed by atoms with Crippen LogP contribution in [0.15, 0.2) is 23.4 Å². The maximum absolute atomic E-state index is 13.6. The van der Waals surface area contributed by atoms with Gasteiger partial charge < -0.3 is 20.1 Å². The predicted molar refractivity (Wildman–Crippen MR) is 145 cm³/mol. The first kappa shape index (κ1) is 30.7. The summed E-state index contributed by atoms with van der Waals surface area (Å²) in [6.45, 7) is 7.17. The van der Waals surface area contributed by atoms with E-state index < -0.39 is 27.0 Å². The van der Waals surface area contributed by atoms with Crippen molar-refractivity contribution in [1.29, 1.82) is 5.26 Å².